The summed E-state index contributed by atoms with van der Waals surface area (Å²) in [5.41, 5.74) is 0. The smallest absolute Gasteiger partial charge is 0.274 e. The minimum atomic E-state index is 0.343. The van der Waals surface area contributed by atoms with Crippen LogP contribution < -0.4 is 10.1 Å². The van der Waals surface area contributed by atoms with Gasteiger partial charge >= 0.3 is 0 Å². The number of aromatic nitrogens is 1. The Labute approximate surface area is 92.4 Å². The first-order chi connectivity index (χ1) is 6.78. The monoisotopic (exact) mass is 232 g/mol. The molecule has 1 aromatic rings. The lowest BCUT2D eigenvalue weighted by molar-refractivity contribution is 0.0655. The van der Waals surface area contributed by atoms with Gasteiger partial charge in [-0.05, 0) is 32.4 Å². The van der Waals surface area contributed by atoms with Gasteiger partial charge in [-0.15, -0.1) is 0 Å². The van der Waals surface area contributed by atoms with Crippen LogP contribution in [0.1, 0.15) is 12.8 Å². The Morgan fingerprint density at radius 2 is 2.50 bits per heavy atom. The van der Waals surface area contributed by atoms with Crippen molar-refractivity contribution in [3.8, 4) is 5.19 Å². The summed E-state index contributed by atoms with van der Waals surface area (Å²) in [5.74, 6) is 0.764. The van der Waals surface area contributed by atoms with Crippen LogP contribution in [-0.4, -0.2) is 24.7 Å². The molecule has 1 aromatic heterocycles. The summed E-state index contributed by atoms with van der Waals surface area (Å²) >= 11 is 7.15. The van der Waals surface area contributed by atoms with Gasteiger partial charge in [0.1, 0.15) is 11.3 Å². The number of hydrogen-bond acceptors (Lipinski definition) is 4. The van der Waals surface area contributed by atoms with Gasteiger partial charge < -0.3 is 10.1 Å². The quantitative estimate of drug-likeness (QED) is 0.864. The van der Waals surface area contributed by atoms with Crippen LogP contribution in [0.25, 0.3) is 0 Å². The fraction of sp³-hybridized carbons (Fsp3) is 0.667. The highest BCUT2D eigenvalue weighted by molar-refractivity contribution is 7.11. The Morgan fingerprint density at radius 1 is 1.71 bits per heavy atom. The summed E-state index contributed by atoms with van der Waals surface area (Å²) in [6, 6.07) is 0. The molecule has 0 spiro atoms. The van der Waals surface area contributed by atoms with Crippen molar-refractivity contribution in [2.24, 2.45) is 5.92 Å². The maximum absolute atomic E-state index is 5.69. The fourth-order valence-corrected chi connectivity index (χ4v) is 2.52. The minimum Gasteiger partial charge on any atom is -0.467 e. The normalized spacial score (nSPS) is 25.9. The number of ether oxygens (including phenoxy) is 1. The molecule has 0 atom stereocenters. The van der Waals surface area contributed by atoms with Gasteiger partial charge in [0.2, 0.25) is 0 Å². The van der Waals surface area contributed by atoms with E-state index in [1.165, 1.54) is 11.3 Å². The lowest BCUT2D eigenvalue weighted by atomic mass is 9.82. The third-order valence-electron chi connectivity index (χ3n) is 2.41. The van der Waals surface area contributed by atoms with E-state index >= 15 is 0 Å². The van der Waals surface area contributed by atoms with Gasteiger partial charge in [0.25, 0.3) is 5.19 Å². The van der Waals surface area contributed by atoms with E-state index in [4.69, 9.17) is 16.3 Å². The minimum absolute atomic E-state index is 0.343. The Morgan fingerprint density at radius 3 is 3.07 bits per heavy atom. The lowest BCUT2D eigenvalue weighted by Gasteiger charge is -2.34. The van der Waals surface area contributed by atoms with Gasteiger partial charge in [0, 0.05) is 5.38 Å². The zero-order valence-electron chi connectivity index (χ0n) is 8.00. The second kappa shape index (κ2) is 4.47. The zero-order chi connectivity index (χ0) is 9.97. The van der Waals surface area contributed by atoms with E-state index in [2.05, 4.69) is 10.3 Å². The van der Waals surface area contributed by atoms with Crippen molar-refractivity contribution in [3.05, 3.63) is 10.5 Å². The molecule has 78 valence electrons. The van der Waals surface area contributed by atoms with Crippen LogP contribution >= 0.6 is 22.9 Å². The molecule has 0 amide bonds. The van der Waals surface area contributed by atoms with Crippen molar-refractivity contribution >= 4 is 22.9 Å². The molecule has 0 saturated heterocycles. The van der Waals surface area contributed by atoms with Crippen LogP contribution in [0.4, 0.5) is 0 Å². The molecule has 0 aromatic carbocycles. The fourth-order valence-electron chi connectivity index (χ4n) is 1.66. The summed E-state index contributed by atoms with van der Waals surface area (Å²) in [6.07, 6.45) is 2.59. The average molecular weight is 233 g/mol. The first-order valence-corrected chi connectivity index (χ1v) is 5.96. The van der Waals surface area contributed by atoms with E-state index in [1.54, 1.807) is 5.38 Å². The highest BCUT2D eigenvalue weighted by Gasteiger charge is 2.30. The number of nitrogens with zero attached hydrogens (tertiary/aromatic N) is 1. The van der Waals surface area contributed by atoms with Gasteiger partial charge in [-0.3, -0.25) is 0 Å². The molecule has 3 nitrogen and oxygen atoms in total. The number of rotatable bonds is 4. The summed E-state index contributed by atoms with van der Waals surface area (Å²) < 4.78 is 5.64. The highest BCUT2D eigenvalue weighted by Crippen LogP contribution is 2.32. The third-order valence-corrected chi connectivity index (χ3v) is 3.46. The van der Waals surface area contributed by atoms with Crippen molar-refractivity contribution < 1.29 is 4.74 Å². The first kappa shape index (κ1) is 10.2. The Balaban J connectivity index is 1.74. The Kier molecular flexibility index (Phi) is 3.26. The summed E-state index contributed by atoms with van der Waals surface area (Å²) in [7, 11) is 1.98. The second-order valence-corrected chi connectivity index (χ2v) is 4.78. The Hall–Kier alpha value is -0.320. The molecule has 2 rings (SSSR count). The Bertz CT molecular complexity index is 299. The van der Waals surface area contributed by atoms with Gasteiger partial charge in [-0.1, -0.05) is 22.9 Å². The van der Waals surface area contributed by atoms with E-state index in [1.807, 2.05) is 7.05 Å². The topological polar surface area (TPSA) is 34.1 Å². The van der Waals surface area contributed by atoms with Crippen LogP contribution in [0.15, 0.2) is 5.38 Å². The maximum atomic E-state index is 5.69. The first-order valence-electron chi connectivity index (χ1n) is 4.70. The van der Waals surface area contributed by atoms with Crippen LogP contribution in [-0.2, 0) is 0 Å². The highest BCUT2D eigenvalue weighted by atomic mass is 35.5. The van der Waals surface area contributed by atoms with Gasteiger partial charge in [0.15, 0.2) is 0 Å². The molecule has 0 radical (unpaired) electrons. The van der Waals surface area contributed by atoms with E-state index in [9.17, 15) is 0 Å². The predicted molar refractivity (Wildman–Crippen MR) is 58.2 cm³/mol. The van der Waals surface area contributed by atoms with Gasteiger partial charge in [-0.25, -0.2) is 0 Å². The second-order valence-electron chi connectivity index (χ2n) is 3.57. The molecular weight excluding hydrogens is 220 g/mol. The third kappa shape index (κ3) is 2.38. The molecule has 1 heterocycles. The standard InChI is InChI=1S/C9H13ClN2OS/c1-11-4-6-2-7(3-6)13-9-12-8(10)5-14-9/h5-7,11H,2-4H2,1H3. The predicted octanol–water partition coefficient (Wildman–Crippen LogP) is 2.17. The molecule has 1 N–H and O–H groups in total. The number of hydrogen-bond donors (Lipinski definition) is 1. The van der Waals surface area contributed by atoms with Crippen molar-refractivity contribution in [1.82, 2.24) is 10.3 Å². The van der Waals surface area contributed by atoms with Gasteiger partial charge in [-0.2, -0.15) is 4.98 Å². The SMILES string of the molecule is CNCC1CC(Oc2nc(Cl)cs2)C1. The van der Waals surface area contributed by atoms with Crippen LogP contribution in [0, 0.1) is 5.92 Å². The van der Waals surface area contributed by atoms with E-state index < -0.39 is 0 Å². The van der Waals surface area contributed by atoms with Crippen molar-refractivity contribution in [2.45, 2.75) is 18.9 Å². The molecule has 0 bridgehead atoms. The van der Waals surface area contributed by atoms with Crippen molar-refractivity contribution in [3.63, 3.8) is 0 Å². The van der Waals surface area contributed by atoms with E-state index in [-0.39, 0.29) is 0 Å². The average Bonchev–Trinajstić information content (AvgIpc) is 2.48. The molecule has 1 saturated carbocycles. The molecule has 1 aliphatic rings. The van der Waals surface area contributed by atoms with E-state index in [0.29, 0.717) is 16.5 Å². The number of nitrogens with one attached hydrogen (secondary N) is 1. The summed E-state index contributed by atoms with van der Waals surface area (Å²) in [5, 5.41) is 6.18. The molecule has 1 aliphatic carbocycles. The van der Waals surface area contributed by atoms with Crippen molar-refractivity contribution in [2.75, 3.05) is 13.6 Å². The number of halogens is 1. The maximum Gasteiger partial charge on any atom is 0.274 e. The van der Waals surface area contributed by atoms with Gasteiger partial charge in [0.05, 0.1) is 0 Å². The zero-order valence-corrected chi connectivity index (χ0v) is 9.57. The summed E-state index contributed by atoms with van der Waals surface area (Å²) in [4.78, 5) is 4.05. The van der Waals surface area contributed by atoms with Crippen LogP contribution in [0.5, 0.6) is 5.19 Å². The molecule has 0 aliphatic heterocycles. The molecule has 1 fully saturated rings. The van der Waals surface area contributed by atoms with E-state index in [0.717, 1.165) is 25.3 Å². The van der Waals surface area contributed by atoms with Crippen molar-refractivity contribution in [1.29, 1.82) is 0 Å². The summed E-state index contributed by atoms with van der Waals surface area (Å²) in [6.45, 7) is 1.08. The van der Waals surface area contributed by atoms with Crippen LogP contribution in [0.2, 0.25) is 5.15 Å². The molecular formula is C9H13ClN2OS. The molecule has 5 heteroatoms. The molecule has 0 unspecified atom stereocenters. The van der Waals surface area contributed by atoms with Crippen LogP contribution in [0.3, 0.4) is 0 Å². The number of thiazole rings is 1. The largest absolute Gasteiger partial charge is 0.467 e. The lowest BCUT2D eigenvalue weighted by Crippen LogP contribution is -2.38. The molecule has 14 heavy (non-hydrogen) atoms.